The molecule has 1 heterocycles. The summed E-state index contributed by atoms with van der Waals surface area (Å²) in [5, 5.41) is 2.75. The topological polar surface area (TPSA) is 120 Å². The fourth-order valence-corrected chi connectivity index (χ4v) is 4.81. The molecule has 0 radical (unpaired) electrons. The number of sulfonamides is 1. The second-order valence-corrected chi connectivity index (χ2v) is 9.68. The lowest BCUT2D eigenvalue weighted by Crippen LogP contribution is -2.32. The number of anilines is 1. The Labute approximate surface area is 192 Å². The van der Waals surface area contributed by atoms with Gasteiger partial charge < -0.3 is 19.5 Å². The van der Waals surface area contributed by atoms with Crippen molar-refractivity contribution in [1.29, 1.82) is 0 Å². The Morgan fingerprint density at radius 3 is 2.61 bits per heavy atom. The van der Waals surface area contributed by atoms with E-state index in [1.165, 1.54) is 36.2 Å². The first-order chi connectivity index (χ1) is 15.8. The zero-order chi connectivity index (χ0) is 23.4. The number of fused-ring (bicyclic) bond motifs is 2. The molecule has 1 unspecified atom stereocenters. The number of benzene rings is 2. The minimum absolute atomic E-state index is 0.00205. The third kappa shape index (κ3) is 5.63. The number of nitrogens with one attached hydrogen (secondary N) is 2. The maximum absolute atomic E-state index is 12.5. The largest absolute Gasteiger partial charge is 0.486 e. The fraction of sp³-hybridized carbons (Fsp3) is 0.391. The van der Waals surface area contributed by atoms with Crippen LogP contribution >= 0.6 is 0 Å². The van der Waals surface area contributed by atoms with Gasteiger partial charge >= 0.3 is 5.97 Å². The Morgan fingerprint density at radius 1 is 1.03 bits per heavy atom. The number of hydrogen-bond donors (Lipinski definition) is 2. The van der Waals surface area contributed by atoms with E-state index in [4.69, 9.17) is 14.2 Å². The van der Waals surface area contributed by atoms with E-state index in [9.17, 15) is 18.0 Å². The minimum atomic E-state index is -3.85. The summed E-state index contributed by atoms with van der Waals surface area (Å²) in [6, 6.07) is 10.1. The van der Waals surface area contributed by atoms with Gasteiger partial charge in [-0.1, -0.05) is 6.07 Å². The van der Waals surface area contributed by atoms with Crippen molar-refractivity contribution in [3.05, 3.63) is 47.5 Å². The van der Waals surface area contributed by atoms with Gasteiger partial charge in [0.2, 0.25) is 10.0 Å². The maximum Gasteiger partial charge on any atom is 0.307 e. The minimum Gasteiger partial charge on any atom is -0.486 e. The highest BCUT2D eigenvalue weighted by molar-refractivity contribution is 7.89. The fourth-order valence-electron chi connectivity index (χ4n) is 3.76. The number of aryl methyl sites for hydroxylation is 2. The number of hydrogen-bond acceptors (Lipinski definition) is 7. The number of rotatable bonds is 8. The Balaban J connectivity index is 1.24. The van der Waals surface area contributed by atoms with Crippen molar-refractivity contribution in [2.75, 3.05) is 25.1 Å². The summed E-state index contributed by atoms with van der Waals surface area (Å²) in [5.41, 5.74) is 3.18. The molecule has 1 atom stereocenters. The first-order valence-corrected chi connectivity index (χ1v) is 12.3. The molecule has 0 fully saturated rings. The standard InChI is InChI=1S/C23H26N2O7S/c1-15(23(27)25-18-6-5-16-3-2-4-17(16)13-18)32-22(26)9-10-24-33(28,29)19-7-8-20-21(14-19)31-12-11-30-20/h5-8,13-15,24H,2-4,9-12H2,1H3,(H,25,27). The highest BCUT2D eigenvalue weighted by atomic mass is 32.2. The van der Waals surface area contributed by atoms with E-state index >= 15 is 0 Å². The van der Waals surface area contributed by atoms with Crippen LogP contribution in [-0.2, 0) is 37.2 Å². The molecular weight excluding hydrogens is 448 g/mol. The van der Waals surface area contributed by atoms with Crippen LogP contribution in [0.25, 0.3) is 0 Å². The molecule has 1 aliphatic carbocycles. The molecule has 2 aromatic rings. The van der Waals surface area contributed by atoms with Gasteiger partial charge in [0.1, 0.15) is 13.2 Å². The predicted molar refractivity (Wildman–Crippen MR) is 120 cm³/mol. The van der Waals surface area contributed by atoms with Gasteiger partial charge in [0.25, 0.3) is 5.91 Å². The first-order valence-electron chi connectivity index (χ1n) is 10.8. The van der Waals surface area contributed by atoms with Crippen LogP contribution in [0.2, 0.25) is 0 Å². The number of carbonyl (C=O) groups excluding carboxylic acids is 2. The summed E-state index contributed by atoms with van der Waals surface area (Å²) in [7, 11) is -3.85. The summed E-state index contributed by atoms with van der Waals surface area (Å²) in [4.78, 5) is 24.5. The second kappa shape index (κ2) is 9.80. The van der Waals surface area contributed by atoms with Gasteiger partial charge in [-0.2, -0.15) is 0 Å². The van der Waals surface area contributed by atoms with Gasteiger partial charge in [0, 0.05) is 18.3 Å². The second-order valence-electron chi connectivity index (χ2n) is 7.91. The van der Waals surface area contributed by atoms with Crippen LogP contribution in [-0.4, -0.2) is 46.2 Å². The lowest BCUT2D eigenvalue weighted by Gasteiger charge is -2.19. The van der Waals surface area contributed by atoms with Gasteiger partial charge in [-0.05, 0) is 61.6 Å². The van der Waals surface area contributed by atoms with Gasteiger partial charge in [-0.15, -0.1) is 0 Å². The van der Waals surface area contributed by atoms with Crippen LogP contribution in [0.5, 0.6) is 11.5 Å². The van der Waals surface area contributed by atoms with Crippen molar-refractivity contribution < 1.29 is 32.2 Å². The van der Waals surface area contributed by atoms with E-state index in [-0.39, 0.29) is 17.9 Å². The third-order valence-electron chi connectivity index (χ3n) is 5.49. The molecule has 9 nitrogen and oxygen atoms in total. The highest BCUT2D eigenvalue weighted by Crippen LogP contribution is 2.32. The Morgan fingerprint density at radius 2 is 1.79 bits per heavy atom. The number of carbonyl (C=O) groups is 2. The highest BCUT2D eigenvalue weighted by Gasteiger charge is 2.22. The average Bonchev–Trinajstić information content (AvgIpc) is 3.26. The molecule has 176 valence electrons. The van der Waals surface area contributed by atoms with Crippen LogP contribution < -0.4 is 19.5 Å². The quantitative estimate of drug-likeness (QED) is 0.563. The molecule has 1 aliphatic heterocycles. The zero-order valence-corrected chi connectivity index (χ0v) is 19.1. The van der Waals surface area contributed by atoms with E-state index in [1.54, 1.807) is 0 Å². The molecule has 2 aliphatic rings. The number of amides is 1. The lowest BCUT2D eigenvalue weighted by atomic mass is 10.1. The SMILES string of the molecule is CC(OC(=O)CCNS(=O)(=O)c1ccc2c(c1)OCCO2)C(=O)Nc1ccc2c(c1)CCC2. The predicted octanol–water partition coefficient (Wildman–Crippen LogP) is 2.19. The number of ether oxygens (including phenoxy) is 3. The molecule has 0 aromatic heterocycles. The smallest absolute Gasteiger partial charge is 0.307 e. The molecule has 33 heavy (non-hydrogen) atoms. The van der Waals surface area contributed by atoms with E-state index in [2.05, 4.69) is 10.0 Å². The van der Waals surface area contributed by atoms with Crippen molar-refractivity contribution in [3.63, 3.8) is 0 Å². The molecule has 4 rings (SSSR count). The average molecular weight is 475 g/mol. The first kappa shape index (κ1) is 23.1. The van der Waals surface area contributed by atoms with Crippen LogP contribution in [0, 0.1) is 0 Å². The van der Waals surface area contributed by atoms with E-state index in [1.807, 2.05) is 18.2 Å². The van der Waals surface area contributed by atoms with Crippen LogP contribution in [0.1, 0.15) is 30.9 Å². The van der Waals surface area contributed by atoms with Crippen molar-refractivity contribution in [2.45, 2.75) is 43.6 Å². The van der Waals surface area contributed by atoms with Gasteiger partial charge in [0.05, 0.1) is 11.3 Å². The molecule has 0 saturated carbocycles. The van der Waals surface area contributed by atoms with Crippen LogP contribution in [0.15, 0.2) is 41.3 Å². The number of esters is 1. The van der Waals surface area contributed by atoms with Crippen LogP contribution in [0.3, 0.4) is 0 Å². The summed E-state index contributed by atoms with van der Waals surface area (Å²) >= 11 is 0. The molecule has 0 spiro atoms. The molecule has 1 amide bonds. The maximum atomic E-state index is 12.5. The molecular formula is C23H26N2O7S. The summed E-state index contributed by atoms with van der Waals surface area (Å²) < 4.78 is 43.3. The summed E-state index contributed by atoms with van der Waals surface area (Å²) in [6.07, 6.45) is 1.92. The summed E-state index contributed by atoms with van der Waals surface area (Å²) in [6.45, 7) is 2.05. The van der Waals surface area contributed by atoms with Gasteiger partial charge in [-0.25, -0.2) is 13.1 Å². The van der Waals surface area contributed by atoms with Gasteiger partial charge in [-0.3, -0.25) is 9.59 Å². The van der Waals surface area contributed by atoms with Crippen molar-refractivity contribution in [3.8, 4) is 11.5 Å². The normalized spacial score (nSPS) is 15.4. The monoisotopic (exact) mass is 474 g/mol. The third-order valence-corrected chi connectivity index (χ3v) is 6.95. The van der Waals surface area contributed by atoms with Crippen molar-refractivity contribution >= 4 is 27.6 Å². The van der Waals surface area contributed by atoms with Crippen molar-refractivity contribution in [2.24, 2.45) is 0 Å². The van der Waals surface area contributed by atoms with E-state index < -0.39 is 28.0 Å². The van der Waals surface area contributed by atoms with E-state index in [0.717, 1.165) is 19.3 Å². The molecule has 2 aromatic carbocycles. The summed E-state index contributed by atoms with van der Waals surface area (Å²) in [5.74, 6) is -0.294. The molecule has 10 heteroatoms. The van der Waals surface area contributed by atoms with E-state index in [0.29, 0.717) is 30.4 Å². The zero-order valence-electron chi connectivity index (χ0n) is 18.3. The Kier molecular flexibility index (Phi) is 6.85. The molecule has 2 N–H and O–H groups in total. The molecule has 0 saturated heterocycles. The van der Waals surface area contributed by atoms with Crippen LogP contribution in [0.4, 0.5) is 5.69 Å². The Hall–Kier alpha value is -3.11. The van der Waals surface area contributed by atoms with Crippen molar-refractivity contribution in [1.82, 2.24) is 4.72 Å². The lowest BCUT2D eigenvalue weighted by molar-refractivity contribution is -0.152. The Bertz CT molecular complexity index is 1160. The van der Waals surface area contributed by atoms with Gasteiger partial charge in [0.15, 0.2) is 17.6 Å². The molecule has 0 bridgehead atoms.